The van der Waals surface area contributed by atoms with E-state index >= 15 is 0 Å². The monoisotopic (exact) mass is 138 g/mol. The smallest absolute Gasteiger partial charge is 0.0411 e. The molecule has 56 valence electrons. The van der Waals surface area contributed by atoms with Crippen molar-refractivity contribution in [1.29, 1.82) is 0 Å². The number of rotatable bonds is 3. The Balaban J connectivity index is 4.04. The molecule has 0 bridgehead atoms. The predicted molar refractivity (Wildman–Crippen MR) is 47.0 cm³/mol. The first-order valence-electron chi connectivity index (χ1n) is 3.45. The van der Waals surface area contributed by atoms with E-state index in [4.69, 9.17) is 0 Å². The van der Waals surface area contributed by atoms with Gasteiger partial charge in [0.25, 0.3) is 0 Å². The highest BCUT2D eigenvalue weighted by molar-refractivity contribution is 5.72. The zero-order valence-electron chi connectivity index (χ0n) is 6.83. The Bertz CT molecular complexity index is 155. The van der Waals surface area contributed by atoms with Gasteiger partial charge in [-0.05, 0) is 19.4 Å². The SMILES string of the molecule is CC=N/C(=C\C=NC)CC. The van der Waals surface area contributed by atoms with E-state index in [1.807, 2.05) is 13.0 Å². The van der Waals surface area contributed by atoms with Crippen molar-refractivity contribution in [2.45, 2.75) is 20.3 Å². The Labute approximate surface area is 62.4 Å². The van der Waals surface area contributed by atoms with Gasteiger partial charge in [-0.1, -0.05) is 6.92 Å². The Morgan fingerprint density at radius 2 is 2.20 bits per heavy atom. The van der Waals surface area contributed by atoms with Crippen molar-refractivity contribution in [2.24, 2.45) is 9.98 Å². The molecule has 0 radical (unpaired) electrons. The maximum atomic E-state index is 4.12. The first-order valence-corrected chi connectivity index (χ1v) is 3.45. The molecule has 0 saturated heterocycles. The molecule has 0 atom stereocenters. The van der Waals surface area contributed by atoms with Crippen LogP contribution in [0.15, 0.2) is 21.8 Å². The van der Waals surface area contributed by atoms with E-state index in [9.17, 15) is 0 Å². The first-order chi connectivity index (χ1) is 4.85. The van der Waals surface area contributed by atoms with E-state index in [2.05, 4.69) is 16.9 Å². The van der Waals surface area contributed by atoms with Crippen molar-refractivity contribution in [3.05, 3.63) is 11.8 Å². The molecule has 0 aliphatic rings. The Hall–Kier alpha value is -0.920. The van der Waals surface area contributed by atoms with Gasteiger partial charge < -0.3 is 0 Å². The maximum Gasteiger partial charge on any atom is 0.0411 e. The van der Waals surface area contributed by atoms with Gasteiger partial charge in [-0.15, -0.1) is 0 Å². The van der Waals surface area contributed by atoms with Crippen LogP contribution in [0.3, 0.4) is 0 Å². The lowest BCUT2D eigenvalue weighted by Crippen LogP contribution is -1.76. The van der Waals surface area contributed by atoms with Crippen LogP contribution in [-0.4, -0.2) is 19.5 Å². The molecule has 0 amide bonds. The van der Waals surface area contributed by atoms with Crippen LogP contribution in [-0.2, 0) is 0 Å². The highest BCUT2D eigenvalue weighted by Gasteiger charge is 1.83. The highest BCUT2D eigenvalue weighted by atomic mass is 14.7. The van der Waals surface area contributed by atoms with Gasteiger partial charge in [0.05, 0.1) is 0 Å². The summed E-state index contributed by atoms with van der Waals surface area (Å²) in [4.78, 5) is 7.96. The topological polar surface area (TPSA) is 24.7 Å². The van der Waals surface area contributed by atoms with Crippen molar-refractivity contribution in [1.82, 2.24) is 0 Å². The van der Waals surface area contributed by atoms with Crippen molar-refractivity contribution in [3.8, 4) is 0 Å². The fourth-order valence-electron chi connectivity index (χ4n) is 0.579. The van der Waals surface area contributed by atoms with Crippen LogP contribution in [0.4, 0.5) is 0 Å². The largest absolute Gasteiger partial charge is 0.296 e. The van der Waals surface area contributed by atoms with Crippen molar-refractivity contribution in [2.75, 3.05) is 7.05 Å². The quantitative estimate of drug-likeness (QED) is 0.533. The summed E-state index contributed by atoms with van der Waals surface area (Å²) < 4.78 is 0. The molecule has 0 aromatic rings. The second kappa shape index (κ2) is 6.20. The molecule has 0 aliphatic carbocycles. The van der Waals surface area contributed by atoms with Gasteiger partial charge in [0, 0.05) is 25.2 Å². The maximum absolute atomic E-state index is 4.12. The summed E-state index contributed by atoms with van der Waals surface area (Å²) in [6.07, 6.45) is 6.42. The summed E-state index contributed by atoms with van der Waals surface area (Å²) in [6.45, 7) is 3.98. The molecular weight excluding hydrogens is 124 g/mol. The van der Waals surface area contributed by atoms with E-state index in [0.717, 1.165) is 12.1 Å². The Morgan fingerprint density at radius 3 is 2.60 bits per heavy atom. The molecule has 0 fully saturated rings. The lowest BCUT2D eigenvalue weighted by Gasteiger charge is -1.90. The Morgan fingerprint density at radius 1 is 1.50 bits per heavy atom. The summed E-state index contributed by atoms with van der Waals surface area (Å²) >= 11 is 0. The van der Waals surface area contributed by atoms with E-state index in [1.54, 1.807) is 19.5 Å². The van der Waals surface area contributed by atoms with Crippen LogP contribution in [0.25, 0.3) is 0 Å². The molecule has 10 heavy (non-hydrogen) atoms. The zero-order chi connectivity index (χ0) is 7.82. The molecule has 0 N–H and O–H groups in total. The third-order valence-electron chi connectivity index (χ3n) is 1.07. The predicted octanol–water partition coefficient (Wildman–Crippen LogP) is 2.07. The summed E-state index contributed by atoms with van der Waals surface area (Å²) in [5.74, 6) is 0. The molecule has 2 nitrogen and oxygen atoms in total. The lowest BCUT2D eigenvalue weighted by atomic mass is 10.3. The lowest BCUT2D eigenvalue weighted by molar-refractivity contribution is 1.07. The van der Waals surface area contributed by atoms with Crippen LogP contribution < -0.4 is 0 Å². The fraction of sp³-hybridized carbons (Fsp3) is 0.500. The minimum absolute atomic E-state index is 0.955. The molecule has 0 unspecified atom stereocenters. The Kier molecular flexibility index (Phi) is 5.63. The van der Waals surface area contributed by atoms with Crippen molar-refractivity contribution >= 4 is 12.4 Å². The van der Waals surface area contributed by atoms with Gasteiger partial charge in [0.2, 0.25) is 0 Å². The van der Waals surface area contributed by atoms with Crippen LogP contribution in [0, 0.1) is 0 Å². The summed E-state index contributed by atoms with van der Waals surface area (Å²) in [7, 11) is 1.75. The van der Waals surface area contributed by atoms with Gasteiger partial charge in [0.15, 0.2) is 0 Å². The van der Waals surface area contributed by atoms with E-state index < -0.39 is 0 Å². The van der Waals surface area contributed by atoms with Crippen LogP contribution in [0.5, 0.6) is 0 Å². The average molecular weight is 138 g/mol. The van der Waals surface area contributed by atoms with E-state index in [1.165, 1.54) is 0 Å². The van der Waals surface area contributed by atoms with Crippen molar-refractivity contribution in [3.63, 3.8) is 0 Å². The molecule has 0 aromatic heterocycles. The minimum Gasteiger partial charge on any atom is -0.296 e. The number of hydrogen-bond acceptors (Lipinski definition) is 2. The fourth-order valence-corrected chi connectivity index (χ4v) is 0.579. The molecule has 2 heteroatoms. The van der Waals surface area contributed by atoms with Gasteiger partial charge in [-0.25, -0.2) is 0 Å². The summed E-state index contributed by atoms with van der Waals surface area (Å²) in [5.41, 5.74) is 1.06. The number of nitrogens with zero attached hydrogens (tertiary/aromatic N) is 2. The minimum atomic E-state index is 0.955. The molecule has 0 saturated carbocycles. The first kappa shape index (κ1) is 9.08. The average Bonchev–Trinajstić information content (AvgIpc) is 1.98. The molecule has 0 aromatic carbocycles. The molecule has 0 heterocycles. The van der Waals surface area contributed by atoms with Gasteiger partial charge in [0.1, 0.15) is 0 Å². The second-order valence-electron chi connectivity index (χ2n) is 1.81. The summed E-state index contributed by atoms with van der Waals surface area (Å²) in [5, 5.41) is 0. The van der Waals surface area contributed by atoms with E-state index in [0.29, 0.717) is 0 Å². The third-order valence-corrected chi connectivity index (χ3v) is 1.07. The van der Waals surface area contributed by atoms with Crippen LogP contribution >= 0.6 is 0 Å². The number of aliphatic imine (C=N–C) groups is 2. The molecule has 0 aliphatic heterocycles. The second-order valence-corrected chi connectivity index (χ2v) is 1.81. The van der Waals surface area contributed by atoms with Crippen LogP contribution in [0.1, 0.15) is 20.3 Å². The van der Waals surface area contributed by atoms with Crippen LogP contribution in [0.2, 0.25) is 0 Å². The standard InChI is InChI=1S/C8H14N2/c1-4-8(10-5-2)6-7-9-3/h5-7H,4H2,1-3H3/b8-6-,9-7?,10-5?. The van der Waals surface area contributed by atoms with Crippen molar-refractivity contribution < 1.29 is 0 Å². The zero-order valence-corrected chi connectivity index (χ0v) is 6.83. The molecule has 0 spiro atoms. The third kappa shape index (κ3) is 4.01. The molecule has 0 rings (SSSR count). The van der Waals surface area contributed by atoms with Gasteiger partial charge >= 0.3 is 0 Å². The number of hydrogen-bond donors (Lipinski definition) is 0. The van der Waals surface area contributed by atoms with E-state index in [-0.39, 0.29) is 0 Å². The normalized spacial score (nSPS) is 13.7. The highest BCUT2D eigenvalue weighted by Crippen LogP contribution is 1.98. The molecular formula is C8H14N2. The van der Waals surface area contributed by atoms with Gasteiger partial charge in [-0.2, -0.15) is 0 Å². The number of allylic oxidation sites excluding steroid dienone is 2. The summed E-state index contributed by atoms with van der Waals surface area (Å²) in [6, 6.07) is 0. The van der Waals surface area contributed by atoms with Gasteiger partial charge in [-0.3, -0.25) is 9.98 Å².